The summed E-state index contributed by atoms with van der Waals surface area (Å²) in [5.41, 5.74) is 4.86. The number of likely N-dealkylation sites (tertiary alicyclic amines) is 1. The third-order valence-corrected chi connectivity index (χ3v) is 5.87. The molecule has 0 unspecified atom stereocenters. The number of piperidine rings is 1. The number of nitrogens with zero attached hydrogens (tertiary/aromatic N) is 1. The molecule has 162 valence electrons. The first-order valence-corrected chi connectivity index (χ1v) is 10.2. The molecule has 1 fully saturated rings. The van der Waals surface area contributed by atoms with E-state index in [-0.39, 0.29) is 30.6 Å². The molecule has 0 aliphatic carbocycles. The SMILES string of the molecule is Cc1ccc(-c2cc(C)c(CN3CCC(Cc4ccc(F)cc4)CC3)o2)cc1.Cl.Cl. The molecule has 0 amide bonds. The van der Waals surface area contributed by atoms with Crippen LogP contribution in [0.25, 0.3) is 11.3 Å². The van der Waals surface area contributed by atoms with Crippen molar-refractivity contribution in [2.75, 3.05) is 13.1 Å². The summed E-state index contributed by atoms with van der Waals surface area (Å²) in [6.45, 7) is 7.29. The van der Waals surface area contributed by atoms with E-state index in [0.717, 1.165) is 43.1 Å². The van der Waals surface area contributed by atoms with Gasteiger partial charge in [-0.2, -0.15) is 0 Å². The third-order valence-electron chi connectivity index (χ3n) is 5.87. The van der Waals surface area contributed by atoms with E-state index in [2.05, 4.69) is 49.1 Å². The van der Waals surface area contributed by atoms with Crippen molar-refractivity contribution in [2.45, 2.75) is 39.7 Å². The zero-order valence-corrected chi connectivity index (χ0v) is 19.2. The number of aryl methyl sites for hydroxylation is 2. The number of hydrogen-bond acceptors (Lipinski definition) is 2. The van der Waals surface area contributed by atoms with Crippen molar-refractivity contribution in [1.29, 1.82) is 0 Å². The third kappa shape index (κ3) is 6.10. The summed E-state index contributed by atoms with van der Waals surface area (Å²) in [7, 11) is 0. The normalized spacial score (nSPS) is 14.8. The van der Waals surface area contributed by atoms with Gasteiger partial charge in [-0.15, -0.1) is 24.8 Å². The average Bonchev–Trinajstić information content (AvgIpc) is 3.06. The molecule has 0 bridgehead atoms. The van der Waals surface area contributed by atoms with Crippen molar-refractivity contribution in [1.82, 2.24) is 4.90 Å². The number of rotatable bonds is 5. The first kappa shape index (κ1) is 24.5. The van der Waals surface area contributed by atoms with Gasteiger partial charge in [0.2, 0.25) is 0 Å². The van der Waals surface area contributed by atoms with Gasteiger partial charge < -0.3 is 4.42 Å². The Balaban J connectivity index is 0.00000160. The van der Waals surface area contributed by atoms with Crippen molar-refractivity contribution >= 4 is 24.8 Å². The summed E-state index contributed by atoms with van der Waals surface area (Å²) in [5.74, 6) is 2.56. The first-order valence-electron chi connectivity index (χ1n) is 10.2. The number of furan rings is 1. The molecule has 2 nitrogen and oxygen atoms in total. The van der Waals surface area contributed by atoms with Gasteiger partial charge in [-0.3, -0.25) is 4.90 Å². The van der Waals surface area contributed by atoms with Gasteiger partial charge >= 0.3 is 0 Å². The zero-order valence-electron chi connectivity index (χ0n) is 17.6. The van der Waals surface area contributed by atoms with Gasteiger partial charge in [0.05, 0.1) is 6.54 Å². The Morgan fingerprint density at radius 2 is 1.57 bits per heavy atom. The van der Waals surface area contributed by atoms with E-state index < -0.39 is 0 Å². The fourth-order valence-electron chi connectivity index (χ4n) is 4.04. The van der Waals surface area contributed by atoms with Gasteiger partial charge in [-0.05, 0) is 81.4 Å². The van der Waals surface area contributed by atoms with Gasteiger partial charge in [0.1, 0.15) is 17.3 Å². The highest BCUT2D eigenvalue weighted by atomic mass is 35.5. The van der Waals surface area contributed by atoms with Crippen molar-refractivity contribution < 1.29 is 8.81 Å². The van der Waals surface area contributed by atoms with Crippen molar-refractivity contribution in [3.8, 4) is 11.3 Å². The first-order chi connectivity index (χ1) is 13.6. The molecule has 2 heterocycles. The molecule has 4 rings (SSSR count). The van der Waals surface area contributed by atoms with Gasteiger partial charge in [-0.1, -0.05) is 42.0 Å². The molecule has 1 aliphatic rings. The molecule has 0 atom stereocenters. The Hall–Kier alpha value is -1.81. The quantitative estimate of drug-likeness (QED) is 0.416. The molecule has 30 heavy (non-hydrogen) atoms. The summed E-state index contributed by atoms with van der Waals surface area (Å²) < 4.78 is 19.3. The lowest BCUT2D eigenvalue weighted by Crippen LogP contribution is -2.33. The summed E-state index contributed by atoms with van der Waals surface area (Å²) >= 11 is 0. The van der Waals surface area contributed by atoms with Crippen LogP contribution in [-0.2, 0) is 13.0 Å². The molecule has 0 saturated carbocycles. The largest absolute Gasteiger partial charge is 0.459 e. The standard InChI is InChI=1S/C25H28FNO.2ClH/c1-18-3-7-22(8-4-18)24-15-19(2)25(28-24)17-27-13-11-21(12-14-27)16-20-5-9-23(26)10-6-20;;/h3-10,15,21H,11-14,16-17H2,1-2H3;2*1H. The van der Waals surface area contributed by atoms with Crippen LogP contribution in [0.1, 0.15) is 35.3 Å². The van der Waals surface area contributed by atoms with E-state index in [9.17, 15) is 4.39 Å². The predicted molar refractivity (Wildman–Crippen MR) is 126 cm³/mol. The molecule has 2 aromatic carbocycles. The van der Waals surface area contributed by atoms with E-state index >= 15 is 0 Å². The van der Waals surface area contributed by atoms with Gasteiger partial charge in [0.25, 0.3) is 0 Å². The lowest BCUT2D eigenvalue weighted by atomic mass is 9.90. The fraction of sp³-hybridized carbons (Fsp3) is 0.360. The molecule has 0 radical (unpaired) electrons. The second-order valence-electron chi connectivity index (χ2n) is 8.13. The predicted octanol–water partition coefficient (Wildman–Crippen LogP) is 7.00. The van der Waals surface area contributed by atoms with Crippen LogP contribution in [0.4, 0.5) is 4.39 Å². The van der Waals surface area contributed by atoms with Crippen LogP contribution in [0.3, 0.4) is 0 Å². The Labute approximate surface area is 191 Å². The van der Waals surface area contributed by atoms with Crippen LogP contribution in [0, 0.1) is 25.6 Å². The monoisotopic (exact) mass is 449 g/mol. The Morgan fingerprint density at radius 3 is 2.20 bits per heavy atom. The van der Waals surface area contributed by atoms with Gasteiger partial charge in [0, 0.05) is 5.56 Å². The minimum absolute atomic E-state index is 0. The highest BCUT2D eigenvalue weighted by Crippen LogP contribution is 2.28. The van der Waals surface area contributed by atoms with Crippen molar-refractivity contribution in [3.63, 3.8) is 0 Å². The highest BCUT2D eigenvalue weighted by Gasteiger charge is 2.21. The van der Waals surface area contributed by atoms with Crippen LogP contribution in [-0.4, -0.2) is 18.0 Å². The molecule has 1 saturated heterocycles. The average molecular weight is 450 g/mol. The number of benzene rings is 2. The molecule has 1 aromatic heterocycles. The van der Waals surface area contributed by atoms with Crippen LogP contribution < -0.4 is 0 Å². The molecule has 5 heteroatoms. The van der Waals surface area contributed by atoms with Crippen LogP contribution in [0.2, 0.25) is 0 Å². The van der Waals surface area contributed by atoms with Crippen molar-refractivity contribution in [3.05, 3.63) is 82.9 Å². The van der Waals surface area contributed by atoms with E-state index in [1.165, 1.54) is 29.5 Å². The lowest BCUT2D eigenvalue weighted by molar-refractivity contribution is 0.166. The minimum Gasteiger partial charge on any atom is -0.459 e. The molecule has 0 spiro atoms. The van der Waals surface area contributed by atoms with Gasteiger partial charge in [-0.25, -0.2) is 4.39 Å². The smallest absolute Gasteiger partial charge is 0.134 e. The second-order valence-corrected chi connectivity index (χ2v) is 8.13. The Morgan fingerprint density at radius 1 is 0.933 bits per heavy atom. The minimum atomic E-state index is -0.155. The molecular weight excluding hydrogens is 420 g/mol. The van der Waals surface area contributed by atoms with Gasteiger partial charge in [0.15, 0.2) is 0 Å². The van der Waals surface area contributed by atoms with Crippen molar-refractivity contribution in [2.24, 2.45) is 5.92 Å². The number of hydrogen-bond donors (Lipinski definition) is 0. The molecular formula is C25H30Cl2FNO. The maximum atomic E-state index is 13.1. The fourth-order valence-corrected chi connectivity index (χ4v) is 4.04. The number of halogens is 3. The van der Waals surface area contributed by atoms with Crippen LogP contribution in [0.15, 0.2) is 59.0 Å². The van der Waals surface area contributed by atoms with E-state index in [4.69, 9.17) is 4.42 Å². The van der Waals surface area contributed by atoms with E-state index in [0.29, 0.717) is 5.92 Å². The summed E-state index contributed by atoms with van der Waals surface area (Å²) in [6, 6.07) is 17.6. The van der Waals surface area contributed by atoms with Crippen LogP contribution in [0.5, 0.6) is 0 Å². The maximum Gasteiger partial charge on any atom is 0.134 e. The molecule has 0 N–H and O–H groups in total. The Kier molecular flexibility index (Phi) is 8.96. The van der Waals surface area contributed by atoms with Crippen LogP contribution >= 0.6 is 24.8 Å². The van der Waals surface area contributed by atoms with E-state index in [1.807, 2.05) is 12.1 Å². The zero-order chi connectivity index (χ0) is 19.5. The maximum absolute atomic E-state index is 13.1. The summed E-state index contributed by atoms with van der Waals surface area (Å²) in [5, 5.41) is 0. The summed E-state index contributed by atoms with van der Waals surface area (Å²) in [6.07, 6.45) is 3.41. The molecule has 3 aromatic rings. The second kappa shape index (κ2) is 11.0. The Bertz CT molecular complexity index is 913. The lowest BCUT2D eigenvalue weighted by Gasteiger charge is -2.31. The van der Waals surface area contributed by atoms with E-state index in [1.54, 1.807) is 12.1 Å². The molecule has 1 aliphatic heterocycles. The highest BCUT2D eigenvalue weighted by molar-refractivity contribution is 5.85. The topological polar surface area (TPSA) is 16.4 Å². The summed E-state index contributed by atoms with van der Waals surface area (Å²) in [4.78, 5) is 2.49.